The first kappa shape index (κ1) is 15.1. The smallest absolute Gasteiger partial charge is 0.272 e. The number of likely N-dealkylation sites (N-methyl/N-ethyl adjacent to an activating group) is 2. The van der Waals surface area contributed by atoms with Crippen LogP contribution in [0.25, 0.3) is 0 Å². The van der Waals surface area contributed by atoms with Crippen LogP contribution >= 0.6 is 15.9 Å². The second kappa shape index (κ2) is 6.85. The third-order valence-corrected chi connectivity index (χ3v) is 3.18. The van der Waals surface area contributed by atoms with E-state index in [2.05, 4.69) is 32.7 Å². The summed E-state index contributed by atoms with van der Waals surface area (Å²) in [5, 5.41) is 0. The van der Waals surface area contributed by atoms with Gasteiger partial charge in [0.2, 0.25) is 0 Å². The van der Waals surface area contributed by atoms with E-state index in [1.807, 2.05) is 32.0 Å². The van der Waals surface area contributed by atoms with Gasteiger partial charge in [-0.1, -0.05) is 0 Å². The molecule has 5 heteroatoms. The molecular weight excluding hydrogens is 294 g/mol. The minimum Gasteiger partial charge on any atom is -0.334 e. The predicted molar refractivity (Wildman–Crippen MR) is 76.7 cm³/mol. The Morgan fingerprint density at radius 3 is 2.56 bits per heavy atom. The lowest BCUT2D eigenvalue weighted by atomic mass is 10.2. The van der Waals surface area contributed by atoms with Crippen LogP contribution in [0, 0.1) is 0 Å². The monoisotopic (exact) mass is 313 g/mol. The normalized spacial score (nSPS) is 12.6. The number of aromatic nitrogens is 1. The van der Waals surface area contributed by atoms with Crippen LogP contribution in [0.15, 0.2) is 22.8 Å². The van der Waals surface area contributed by atoms with E-state index in [9.17, 15) is 4.79 Å². The third kappa shape index (κ3) is 4.07. The lowest BCUT2D eigenvalue weighted by Gasteiger charge is -2.29. The third-order valence-electron chi connectivity index (χ3n) is 2.71. The van der Waals surface area contributed by atoms with E-state index < -0.39 is 0 Å². The van der Waals surface area contributed by atoms with Crippen LogP contribution in [0.2, 0.25) is 0 Å². The number of carbonyl (C=O) groups is 1. The summed E-state index contributed by atoms with van der Waals surface area (Å²) < 4.78 is 0.878. The lowest BCUT2D eigenvalue weighted by Crippen LogP contribution is -2.44. The molecule has 0 bridgehead atoms. The highest BCUT2D eigenvalue weighted by Crippen LogP contribution is 2.11. The molecule has 0 saturated heterocycles. The maximum Gasteiger partial charge on any atom is 0.272 e. The van der Waals surface area contributed by atoms with Gasteiger partial charge >= 0.3 is 0 Å². The number of amides is 1. The summed E-state index contributed by atoms with van der Waals surface area (Å²) in [6, 6.07) is 3.75. The molecule has 4 nitrogen and oxygen atoms in total. The Morgan fingerprint density at radius 1 is 1.44 bits per heavy atom. The lowest BCUT2D eigenvalue weighted by molar-refractivity contribution is 0.0673. The quantitative estimate of drug-likeness (QED) is 0.836. The zero-order valence-electron chi connectivity index (χ0n) is 11.4. The average molecular weight is 314 g/mol. The molecule has 0 aliphatic carbocycles. The fourth-order valence-electron chi connectivity index (χ4n) is 1.93. The number of hydrogen-bond acceptors (Lipinski definition) is 3. The Kier molecular flexibility index (Phi) is 5.75. The summed E-state index contributed by atoms with van der Waals surface area (Å²) in [5.41, 5.74) is 0.491. The van der Waals surface area contributed by atoms with Gasteiger partial charge in [0.15, 0.2) is 0 Å². The van der Waals surface area contributed by atoms with Crippen LogP contribution in [-0.2, 0) is 0 Å². The SMILES string of the molecule is CCN(C(=O)c1ccc(Br)cn1)C(C)CN(C)C. The average Bonchev–Trinajstić information content (AvgIpc) is 2.29. The van der Waals surface area contributed by atoms with Crippen molar-refractivity contribution in [3.05, 3.63) is 28.5 Å². The highest BCUT2D eigenvalue weighted by atomic mass is 79.9. The van der Waals surface area contributed by atoms with Gasteiger partial charge in [-0.2, -0.15) is 0 Å². The number of halogens is 1. The molecule has 100 valence electrons. The van der Waals surface area contributed by atoms with Crippen LogP contribution < -0.4 is 0 Å². The van der Waals surface area contributed by atoms with Crippen molar-refractivity contribution < 1.29 is 4.79 Å². The van der Waals surface area contributed by atoms with E-state index in [0.717, 1.165) is 11.0 Å². The minimum atomic E-state index is -0.0145. The van der Waals surface area contributed by atoms with Crippen molar-refractivity contribution in [1.82, 2.24) is 14.8 Å². The molecule has 0 saturated carbocycles. The summed E-state index contributed by atoms with van der Waals surface area (Å²) in [7, 11) is 4.01. The van der Waals surface area contributed by atoms with Crippen molar-refractivity contribution in [1.29, 1.82) is 0 Å². The van der Waals surface area contributed by atoms with Gasteiger partial charge in [-0.3, -0.25) is 4.79 Å². The molecule has 0 aliphatic heterocycles. The highest BCUT2D eigenvalue weighted by Gasteiger charge is 2.21. The van der Waals surface area contributed by atoms with Gasteiger partial charge in [-0.15, -0.1) is 0 Å². The van der Waals surface area contributed by atoms with E-state index in [-0.39, 0.29) is 11.9 Å². The van der Waals surface area contributed by atoms with Crippen LogP contribution in [0.3, 0.4) is 0 Å². The number of nitrogens with zero attached hydrogens (tertiary/aromatic N) is 3. The van der Waals surface area contributed by atoms with Crippen molar-refractivity contribution in [2.75, 3.05) is 27.2 Å². The van der Waals surface area contributed by atoms with Crippen molar-refractivity contribution in [3.63, 3.8) is 0 Å². The fourth-order valence-corrected chi connectivity index (χ4v) is 2.17. The molecule has 0 aromatic carbocycles. The maximum absolute atomic E-state index is 12.3. The Morgan fingerprint density at radius 2 is 2.11 bits per heavy atom. The van der Waals surface area contributed by atoms with Crippen LogP contribution in [0.1, 0.15) is 24.3 Å². The fraction of sp³-hybridized carbons (Fsp3) is 0.538. The molecule has 1 atom stereocenters. The van der Waals surface area contributed by atoms with E-state index in [4.69, 9.17) is 0 Å². The molecule has 0 radical (unpaired) electrons. The topological polar surface area (TPSA) is 36.4 Å². The molecule has 18 heavy (non-hydrogen) atoms. The molecule has 1 heterocycles. The van der Waals surface area contributed by atoms with Gasteiger partial charge in [0.25, 0.3) is 5.91 Å². The van der Waals surface area contributed by atoms with Crippen molar-refractivity contribution in [2.45, 2.75) is 19.9 Å². The van der Waals surface area contributed by atoms with Gasteiger partial charge in [-0.05, 0) is 56.0 Å². The predicted octanol–water partition coefficient (Wildman–Crippen LogP) is 2.26. The van der Waals surface area contributed by atoms with Crippen LogP contribution in [0.4, 0.5) is 0 Å². The molecular formula is C13H20BrN3O. The first-order valence-corrected chi connectivity index (χ1v) is 6.82. The maximum atomic E-state index is 12.3. The standard InChI is InChI=1S/C13H20BrN3O/c1-5-17(10(2)9-16(3)4)13(18)12-7-6-11(14)8-15-12/h6-8,10H,5,9H2,1-4H3. The summed E-state index contributed by atoms with van der Waals surface area (Å²) in [5.74, 6) is -0.0145. The largest absolute Gasteiger partial charge is 0.334 e. The molecule has 0 aliphatic rings. The first-order valence-electron chi connectivity index (χ1n) is 6.03. The summed E-state index contributed by atoms with van der Waals surface area (Å²) in [6.45, 7) is 5.57. The molecule has 1 amide bonds. The zero-order valence-corrected chi connectivity index (χ0v) is 12.9. The van der Waals surface area contributed by atoms with Gasteiger partial charge in [0.05, 0.1) is 0 Å². The minimum absolute atomic E-state index is 0.0145. The summed E-state index contributed by atoms with van der Waals surface area (Å²) >= 11 is 3.32. The van der Waals surface area contributed by atoms with E-state index in [1.165, 1.54) is 0 Å². The number of pyridine rings is 1. The van der Waals surface area contributed by atoms with Crippen molar-refractivity contribution in [2.24, 2.45) is 0 Å². The van der Waals surface area contributed by atoms with Crippen molar-refractivity contribution >= 4 is 21.8 Å². The van der Waals surface area contributed by atoms with Gasteiger partial charge in [0, 0.05) is 29.8 Å². The van der Waals surface area contributed by atoms with E-state index >= 15 is 0 Å². The molecule has 1 aromatic rings. The van der Waals surface area contributed by atoms with Crippen LogP contribution in [0.5, 0.6) is 0 Å². The number of carbonyl (C=O) groups excluding carboxylic acids is 1. The summed E-state index contributed by atoms with van der Waals surface area (Å²) in [6.07, 6.45) is 1.65. The van der Waals surface area contributed by atoms with E-state index in [1.54, 1.807) is 12.3 Å². The van der Waals surface area contributed by atoms with Gasteiger partial charge in [-0.25, -0.2) is 4.98 Å². The Hall–Kier alpha value is -0.940. The molecule has 1 rings (SSSR count). The molecule has 0 N–H and O–H groups in total. The van der Waals surface area contributed by atoms with E-state index in [0.29, 0.717) is 12.2 Å². The Labute approximate surface area is 117 Å². The number of rotatable bonds is 5. The Balaban J connectivity index is 2.81. The van der Waals surface area contributed by atoms with Crippen molar-refractivity contribution in [3.8, 4) is 0 Å². The molecule has 0 spiro atoms. The van der Waals surface area contributed by atoms with Crippen LogP contribution in [-0.4, -0.2) is 53.9 Å². The highest BCUT2D eigenvalue weighted by molar-refractivity contribution is 9.10. The van der Waals surface area contributed by atoms with Gasteiger partial charge < -0.3 is 9.80 Å². The zero-order chi connectivity index (χ0) is 13.7. The molecule has 0 fully saturated rings. The second-order valence-electron chi connectivity index (χ2n) is 4.56. The van der Waals surface area contributed by atoms with Gasteiger partial charge in [0.1, 0.15) is 5.69 Å². The Bertz CT molecular complexity index is 392. The molecule has 1 unspecified atom stereocenters. The second-order valence-corrected chi connectivity index (χ2v) is 5.48. The first-order chi connectivity index (χ1) is 8.45. The number of hydrogen-bond donors (Lipinski definition) is 0. The summed E-state index contributed by atoms with van der Waals surface area (Å²) in [4.78, 5) is 20.4. The molecule has 1 aromatic heterocycles.